The summed E-state index contributed by atoms with van der Waals surface area (Å²) in [5, 5.41) is 2.64. The van der Waals surface area contributed by atoms with E-state index < -0.39 is 17.7 Å². The second-order valence-electron chi connectivity index (χ2n) is 5.95. The van der Waals surface area contributed by atoms with E-state index in [9.17, 15) is 9.59 Å². The molecule has 0 radical (unpaired) electrons. The van der Waals surface area contributed by atoms with Crippen molar-refractivity contribution in [1.82, 2.24) is 5.32 Å². The van der Waals surface area contributed by atoms with Gasteiger partial charge in [0, 0.05) is 6.54 Å². The predicted octanol–water partition coefficient (Wildman–Crippen LogP) is 3.17. The van der Waals surface area contributed by atoms with Crippen molar-refractivity contribution in [2.75, 3.05) is 19.8 Å². The zero-order chi connectivity index (χ0) is 18.0. The third-order valence-corrected chi connectivity index (χ3v) is 2.62. The van der Waals surface area contributed by atoms with Gasteiger partial charge in [-0.15, -0.1) is 0 Å². The molecule has 0 aromatic heterocycles. The Bertz CT molecular complexity index is 558. The molecule has 0 aliphatic carbocycles. The molecule has 6 heteroatoms. The van der Waals surface area contributed by atoms with E-state index in [1.165, 1.54) is 0 Å². The van der Waals surface area contributed by atoms with Gasteiger partial charge in [-0.2, -0.15) is 0 Å². The molecule has 0 bridgehead atoms. The van der Waals surface area contributed by atoms with Gasteiger partial charge in [0.05, 0.1) is 6.61 Å². The number of amides is 1. The molecule has 1 aromatic rings. The Hall–Kier alpha value is -2.50. The van der Waals surface area contributed by atoms with Gasteiger partial charge in [0.2, 0.25) is 0 Å². The molecule has 0 spiro atoms. The summed E-state index contributed by atoms with van der Waals surface area (Å²) in [6, 6.07) is 7.23. The Morgan fingerprint density at radius 3 is 2.42 bits per heavy atom. The molecule has 0 saturated carbocycles. The van der Waals surface area contributed by atoms with E-state index >= 15 is 0 Å². The minimum atomic E-state index is -0.507. The Balaban J connectivity index is 2.36. The number of hydrogen-bond donors (Lipinski definition) is 1. The molecule has 1 N–H and O–H groups in total. The highest BCUT2D eigenvalue weighted by molar-refractivity contribution is 5.71. The largest absolute Gasteiger partial charge is 0.482 e. The Morgan fingerprint density at radius 1 is 1.17 bits per heavy atom. The van der Waals surface area contributed by atoms with E-state index in [0.29, 0.717) is 18.9 Å². The quantitative estimate of drug-likeness (QED) is 0.775. The van der Waals surface area contributed by atoms with Gasteiger partial charge in [-0.3, -0.25) is 0 Å². The first-order valence-electron chi connectivity index (χ1n) is 7.82. The van der Waals surface area contributed by atoms with Crippen LogP contribution >= 0.6 is 0 Å². The smallest absolute Gasteiger partial charge is 0.407 e. The van der Waals surface area contributed by atoms with E-state index in [2.05, 4.69) is 5.32 Å². The molecule has 0 unspecified atom stereocenters. The number of hydrogen-bond acceptors (Lipinski definition) is 5. The van der Waals surface area contributed by atoms with E-state index in [1.807, 2.05) is 45.1 Å². The average Bonchev–Trinajstić information content (AvgIpc) is 2.49. The molecule has 0 atom stereocenters. The van der Waals surface area contributed by atoms with E-state index in [4.69, 9.17) is 14.2 Å². The van der Waals surface area contributed by atoms with Crippen molar-refractivity contribution >= 4 is 18.1 Å². The molecule has 1 rings (SSSR count). The lowest BCUT2D eigenvalue weighted by molar-refractivity contribution is -0.145. The van der Waals surface area contributed by atoms with E-state index in [-0.39, 0.29) is 6.61 Å². The maximum absolute atomic E-state index is 11.5. The molecule has 1 aromatic carbocycles. The number of alkyl carbamates (subject to hydrolysis) is 1. The van der Waals surface area contributed by atoms with Gasteiger partial charge in [0.1, 0.15) is 11.4 Å². The SMILES string of the molecule is CCOC(=O)COc1ccc(C=CCNC(=O)OC(C)(C)C)cc1. The van der Waals surface area contributed by atoms with Crippen LogP contribution in [0.15, 0.2) is 30.3 Å². The molecule has 24 heavy (non-hydrogen) atoms. The molecule has 0 aliphatic rings. The first-order valence-corrected chi connectivity index (χ1v) is 7.82. The predicted molar refractivity (Wildman–Crippen MR) is 91.8 cm³/mol. The fraction of sp³-hybridized carbons (Fsp3) is 0.444. The molecular weight excluding hydrogens is 310 g/mol. The molecule has 132 valence electrons. The maximum atomic E-state index is 11.5. The maximum Gasteiger partial charge on any atom is 0.407 e. The van der Waals surface area contributed by atoms with Crippen molar-refractivity contribution < 1.29 is 23.8 Å². The number of carbonyl (C=O) groups is 2. The summed E-state index contributed by atoms with van der Waals surface area (Å²) >= 11 is 0. The summed E-state index contributed by atoms with van der Waals surface area (Å²) in [6.45, 7) is 7.79. The van der Waals surface area contributed by atoms with Crippen LogP contribution in [0, 0.1) is 0 Å². The van der Waals surface area contributed by atoms with Gasteiger partial charge >= 0.3 is 12.1 Å². The monoisotopic (exact) mass is 335 g/mol. The first-order chi connectivity index (χ1) is 11.3. The van der Waals surface area contributed by atoms with Crippen LogP contribution < -0.4 is 10.1 Å². The number of rotatable bonds is 7. The van der Waals surface area contributed by atoms with Gasteiger partial charge in [-0.05, 0) is 45.4 Å². The summed E-state index contributed by atoms with van der Waals surface area (Å²) < 4.78 is 15.2. The van der Waals surface area contributed by atoms with Crippen molar-refractivity contribution in [2.45, 2.75) is 33.3 Å². The number of benzene rings is 1. The Morgan fingerprint density at radius 2 is 1.83 bits per heavy atom. The van der Waals surface area contributed by atoms with Gasteiger partial charge < -0.3 is 19.5 Å². The standard InChI is InChI=1S/C18H25NO5/c1-5-22-16(20)13-23-15-10-8-14(9-11-15)7-6-12-19-17(21)24-18(2,3)4/h6-11H,5,12-13H2,1-4H3,(H,19,21). The molecule has 0 heterocycles. The number of ether oxygens (including phenoxy) is 3. The number of carbonyl (C=O) groups excluding carboxylic acids is 2. The zero-order valence-electron chi connectivity index (χ0n) is 14.6. The third-order valence-electron chi connectivity index (χ3n) is 2.62. The zero-order valence-corrected chi connectivity index (χ0v) is 14.6. The summed E-state index contributed by atoms with van der Waals surface area (Å²) in [5.41, 5.74) is 0.442. The Labute approximate surface area is 142 Å². The lowest BCUT2D eigenvalue weighted by Gasteiger charge is -2.19. The van der Waals surface area contributed by atoms with Crippen molar-refractivity contribution in [3.05, 3.63) is 35.9 Å². The highest BCUT2D eigenvalue weighted by Gasteiger charge is 2.14. The number of nitrogens with one attached hydrogen (secondary N) is 1. The molecule has 0 aliphatic heterocycles. The van der Waals surface area contributed by atoms with Crippen LogP contribution in [-0.2, 0) is 14.3 Å². The van der Waals surface area contributed by atoms with Crippen molar-refractivity contribution in [1.29, 1.82) is 0 Å². The lowest BCUT2D eigenvalue weighted by Crippen LogP contribution is -2.32. The summed E-state index contributed by atoms with van der Waals surface area (Å²) in [5.74, 6) is 0.196. The number of esters is 1. The van der Waals surface area contributed by atoms with E-state index in [0.717, 1.165) is 5.56 Å². The van der Waals surface area contributed by atoms with Crippen LogP contribution in [0.5, 0.6) is 5.75 Å². The van der Waals surface area contributed by atoms with Gasteiger partial charge in [-0.25, -0.2) is 9.59 Å². The normalized spacial score (nSPS) is 11.2. The summed E-state index contributed by atoms with van der Waals surface area (Å²) in [6.07, 6.45) is 3.24. The van der Waals surface area contributed by atoms with Crippen LogP contribution in [0.3, 0.4) is 0 Å². The topological polar surface area (TPSA) is 73.9 Å². The van der Waals surface area contributed by atoms with Crippen LogP contribution in [0.4, 0.5) is 4.79 Å². The molecule has 0 fully saturated rings. The average molecular weight is 335 g/mol. The van der Waals surface area contributed by atoms with Crippen LogP contribution in [0.2, 0.25) is 0 Å². The van der Waals surface area contributed by atoms with Crippen molar-refractivity contribution in [3.63, 3.8) is 0 Å². The third kappa shape index (κ3) is 8.82. The minimum Gasteiger partial charge on any atom is -0.482 e. The van der Waals surface area contributed by atoms with Crippen LogP contribution in [0.1, 0.15) is 33.3 Å². The highest BCUT2D eigenvalue weighted by atomic mass is 16.6. The highest BCUT2D eigenvalue weighted by Crippen LogP contribution is 2.13. The van der Waals surface area contributed by atoms with Gasteiger partial charge in [0.15, 0.2) is 6.61 Å². The van der Waals surface area contributed by atoms with Gasteiger partial charge in [-0.1, -0.05) is 24.3 Å². The summed E-state index contributed by atoms with van der Waals surface area (Å²) in [4.78, 5) is 22.7. The van der Waals surface area contributed by atoms with E-state index in [1.54, 1.807) is 19.1 Å². The minimum absolute atomic E-state index is 0.108. The second kappa shape index (κ2) is 9.60. The fourth-order valence-electron chi connectivity index (χ4n) is 1.67. The molecule has 1 amide bonds. The molecular formula is C18H25NO5. The van der Waals surface area contributed by atoms with Crippen molar-refractivity contribution in [3.8, 4) is 5.75 Å². The first kappa shape index (κ1) is 19.5. The van der Waals surface area contributed by atoms with Crippen LogP contribution in [0.25, 0.3) is 6.08 Å². The molecule has 0 saturated heterocycles. The van der Waals surface area contributed by atoms with Crippen LogP contribution in [-0.4, -0.2) is 37.4 Å². The van der Waals surface area contributed by atoms with Crippen molar-refractivity contribution in [2.24, 2.45) is 0 Å². The molecule has 6 nitrogen and oxygen atoms in total. The Kier molecular flexibility index (Phi) is 7.82. The second-order valence-corrected chi connectivity index (χ2v) is 5.95. The lowest BCUT2D eigenvalue weighted by atomic mass is 10.2. The van der Waals surface area contributed by atoms with Gasteiger partial charge in [0.25, 0.3) is 0 Å². The summed E-state index contributed by atoms with van der Waals surface area (Å²) in [7, 11) is 0. The fourth-order valence-corrected chi connectivity index (χ4v) is 1.67.